The zero-order valence-corrected chi connectivity index (χ0v) is 71.8. The van der Waals surface area contributed by atoms with Crippen LogP contribution in [0.15, 0.2) is 106 Å². The molecule has 5 aliphatic rings. The fourth-order valence-corrected chi connectivity index (χ4v) is 17.4. The molecule has 9 aromatic rings. The third kappa shape index (κ3) is 27.8. The fraction of sp³-hybridized carbons (Fsp3) is 0.461. The third-order valence-electron chi connectivity index (χ3n) is 17.8. The molecule has 0 bridgehead atoms. The number of Topliss-reactive ketones (excluding diaryl/α,β-unsaturated/α-hetero) is 2. The van der Waals surface area contributed by atoms with Crippen LogP contribution in [0.3, 0.4) is 0 Å². The Morgan fingerprint density at radius 3 is 1.23 bits per heavy atom. The lowest BCUT2D eigenvalue weighted by Crippen LogP contribution is -2.44. The Bertz CT molecular complexity index is 4390. The van der Waals surface area contributed by atoms with Gasteiger partial charge in [-0.05, 0) is 155 Å². The first-order chi connectivity index (χ1) is 53.3. The predicted octanol–water partition coefficient (Wildman–Crippen LogP) is 12.3. The molecule has 0 aliphatic carbocycles. The van der Waals surface area contributed by atoms with Gasteiger partial charge in [-0.1, -0.05) is 69.6 Å². The highest BCUT2D eigenvalue weighted by molar-refractivity contribution is 9.11. The van der Waals surface area contributed by atoms with Gasteiger partial charge >= 0.3 is 24.0 Å². The molecule has 7 aromatic heterocycles. The molecule has 35 heteroatoms. The van der Waals surface area contributed by atoms with Gasteiger partial charge in [-0.25, -0.2) is 44.1 Å². The summed E-state index contributed by atoms with van der Waals surface area (Å²) in [4.78, 5) is 118. The highest BCUT2D eigenvalue weighted by atomic mass is 79.9. The number of rotatable bonds is 18. The number of nitrogens with one attached hydrogen (secondary N) is 2. The summed E-state index contributed by atoms with van der Waals surface area (Å²) in [6.07, 6.45) is 7.83. The quantitative estimate of drug-likeness (QED) is 0.0269. The number of carboxylic acid groups (broad SMARTS) is 1. The monoisotopic (exact) mass is 1710 g/mol. The van der Waals surface area contributed by atoms with Gasteiger partial charge in [0.15, 0.2) is 36.0 Å². The molecule has 0 atom stereocenters. The molecule has 14 rings (SSSR count). The summed E-state index contributed by atoms with van der Waals surface area (Å²) in [5, 5.41) is 22.5. The van der Waals surface area contributed by atoms with E-state index in [1.807, 2.05) is 86.1 Å². The normalized spacial score (nSPS) is 15.8. The van der Waals surface area contributed by atoms with Crippen molar-refractivity contribution < 1.29 is 48.1 Å². The summed E-state index contributed by atoms with van der Waals surface area (Å²) in [5.41, 5.74) is 10.5. The summed E-state index contributed by atoms with van der Waals surface area (Å²) >= 11 is 13.3. The SMILES string of the molecule is CCOC(=O)c1cnc(Br)s1.CCOC(=O)c1cnc(N2CCN(C)CC2)s1.CN1CCN(c2ncc(C(=O)Cc3cc(-c4cccs4)ccc3N)s2)CC1.CN1CCN(c2ncc(C(=O)Cc3cc(-c4cccs4)ccc3NC(=O)OC(C)(C)C)s2)CC1.CN1CCN(c2ncc(C(=O)O)s2)CC1.CN1CCNCC1. The molecule has 27 nitrogen and oxygen atoms in total. The lowest BCUT2D eigenvalue weighted by atomic mass is 10.0. The molecule has 598 valence electrons. The van der Waals surface area contributed by atoms with Gasteiger partial charge in [0.2, 0.25) is 0 Å². The number of nitrogen functional groups attached to an aromatic ring is 1. The number of piperazine rings is 5. The Labute approximate surface area is 686 Å². The largest absolute Gasteiger partial charge is 0.477 e. The number of aromatic nitrogens is 5. The van der Waals surface area contributed by atoms with Crippen LogP contribution in [0.5, 0.6) is 0 Å². The van der Waals surface area contributed by atoms with Crippen molar-refractivity contribution in [2.24, 2.45) is 0 Å². The Balaban J connectivity index is 0.000000163. The lowest BCUT2D eigenvalue weighted by molar-refractivity contribution is 0.0522. The minimum atomic E-state index is -0.895. The van der Waals surface area contributed by atoms with Crippen molar-refractivity contribution in [3.8, 4) is 20.9 Å². The first kappa shape index (κ1) is 87.2. The highest BCUT2D eigenvalue weighted by Crippen LogP contribution is 2.34. The zero-order chi connectivity index (χ0) is 79.6. The van der Waals surface area contributed by atoms with Crippen LogP contribution in [0.25, 0.3) is 20.9 Å². The van der Waals surface area contributed by atoms with Crippen LogP contribution in [0, 0.1) is 0 Å². The molecule has 111 heavy (non-hydrogen) atoms. The number of carboxylic acids is 1. The van der Waals surface area contributed by atoms with Crippen molar-refractivity contribution >= 4 is 163 Å². The lowest BCUT2D eigenvalue weighted by Gasteiger charge is -2.32. The van der Waals surface area contributed by atoms with Crippen molar-refractivity contribution in [1.82, 2.24) is 54.7 Å². The van der Waals surface area contributed by atoms with Crippen molar-refractivity contribution in [3.63, 3.8) is 0 Å². The van der Waals surface area contributed by atoms with Crippen LogP contribution in [0.4, 0.5) is 36.7 Å². The first-order valence-corrected chi connectivity index (χ1v) is 43.2. The number of ketones is 2. The molecule has 5 fully saturated rings. The van der Waals surface area contributed by atoms with Crippen LogP contribution in [-0.2, 0) is 27.1 Å². The molecule has 0 saturated carbocycles. The van der Waals surface area contributed by atoms with E-state index in [9.17, 15) is 28.8 Å². The number of anilines is 6. The molecule has 12 heterocycles. The second-order valence-electron chi connectivity index (χ2n) is 27.5. The summed E-state index contributed by atoms with van der Waals surface area (Å²) in [6, 6.07) is 19.8. The molecule has 0 spiro atoms. The van der Waals surface area contributed by atoms with Gasteiger partial charge in [0, 0.05) is 165 Å². The van der Waals surface area contributed by atoms with Crippen molar-refractivity contribution in [3.05, 3.63) is 142 Å². The summed E-state index contributed by atoms with van der Waals surface area (Å²) in [6.45, 7) is 30.2. The second-order valence-corrected chi connectivity index (χ2v) is 35.8. The topological polar surface area (TPSA) is 294 Å². The molecular formula is C76H100BrN17O10S7. The number of hydrogen-bond donors (Lipinski definition) is 4. The van der Waals surface area contributed by atoms with E-state index in [4.69, 9.17) is 25.1 Å². The fourth-order valence-electron chi connectivity index (χ4n) is 11.4. The molecule has 5 aliphatic heterocycles. The van der Waals surface area contributed by atoms with E-state index in [1.165, 1.54) is 87.0 Å². The Morgan fingerprint density at radius 2 is 0.865 bits per heavy atom. The number of nitrogens with two attached hydrogens (primary N) is 1. The van der Waals surface area contributed by atoms with Crippen LogP contribution < -0.4 is 36.0 Å². The number of thiazole rings is 5. The van der Waals surface area contributed by atoms with Gasteiger partial charge in [-0.3, -0.25) is 14.9 Å². The van der Waals surface area contributed by atoms with E-state index in [-0.39, 0.29) is 29.9 Å². The number of ether oxygens (including phenoxy) is 3. The number of benzene rings is 2. The van der Waals surface area contributed by atoms with Crippen molar-refractivity contribution in [1.29, 1.82) is 0 Å². The third-order valence-corrected chi connectivity index (χ3v) is 25.4. The van der Waals surface area contributed by atoms with E-state index in [1.54, 1.807) is 55.1 Å². The van der Waals surface area contributed by atoms with Gasteiger partial charge < -0.3 is 74.5 Å². The Hall–Kier alpha value is -7.75. The summed E-state index contributed by atoms with van der Waals surface area (Å²) < 4.78 is 15.8. The number of halogens is 1. The van der Waals surface area contributed by atoms with Gasteiger partial charge in [-0.15, -0.1) is 34.0 Å². The van der Waals surface area contributed by atoms with Crippen LogP contribution in [-0.4, -0.2) is 275 Å². The molecule has 5 saturated heterocycles. The van der Waals surface area contributed by atoms with Gasteiger partial charge in [-0.2, -0.15) is 0 Å². The number of carbonyl (C=O) groups excluding carboxylic acids is 5. The predicted molar refractivity (Wildman–Crippen MR) is 456 cm³/mol. The standard InChI is InChI=1S/C25H30N4O3S2.C20H22N4OS2.C11H17N3O2S.C9H13N3O2S.C6H6BrNO2S.C5H12N2/c1-25(2,3)32-24(31)27-19-8-7-17(21-6-5-13-33-21)14-18(19)15-20(30)22-16-26-23(34-22)29-11-9-28(4)10-12-29;1-23-6-8-24(9-7-23)20-22-13-19(27-20)17(25)12-15-11-14(4-5-16(15)21)18-3-2-10-26-18;1-3-16-10(15)9-8-12-11(17-9)14-6-4-13(2)5-7-14;1-11-2-4-12(5-3-11)9-10-6-7(15-9)8(13)14;1-2-10-5(9)4-3-8-6(7)11-4;1-7-4-2-6-3-5-7/h5-8,13-14,16H,9-12,15H2,1-4H3,(H,27,31);2-5,10-11,13H,6-9,12,21H2,1H3;8H,3-7H2,1-2H3;6H,2-5H2,1H3,(H,13,14);3H,2H2,1H3;6H,2-5H2,1H3. The second kappa shape index (κ2) is 43.5. The molecule has 2 aromatic carbocycles. The number of thiophene rings is 2. The van der Waals surface area contributed by atoms with Crippen LogP contribution >= 0.6 is 95.3 Å². The van der Waals surface area contributed by atoms with Crippen molar-refractivity contribution in [2.75, 3.05) is 210 Å². The first-order valence-electron chi connectivity index (χ1n) is 36.6. The highest BCUT2D eigenvalue weighted by Gasteiger charge is 2.26. The van der Waals surface area contributed by atoms with Gasteiger partial charge in [0.25, 0.3) is 0 Å². The number of hydrogen-bond acceptors (Lipinski definition) is 32. The van der Waals surface area contributed by atoms with E-state index in [2.05, 4.69) is 137 Å². The van der Waals surface area contributed by atoms with Crippen LogP contribution in [0.2, 0.25) is 0 Å². The van der Waals surface area contributed by atoms with Gasteiger partial charge in [0.1, 0.15) is 20.2 Å². The summed E-state index contributed by atoms with van der Waals surface area (Å²) in [7, 11) is 10.6. The van der Waals surface area contributed by atoms with Crippen LogP contribution in [0.1, 0.15) is 94.1 Å². The number of likely N-dealkylation sites (N-methyl/N-ethyl adjacent to an activating group) is 5. The van der Waals surface area contributed by atoms with E-state index < -0.39 is 17.7 Å². The molecule has 0 radical (unpaired) electrons. The molecular weight excluding hydrogens is 1620 g/mol. The average molecular weight is 1720 g/mol. The minimum absolute atomic E-state index is 0.0200. The Morgan fingerprint density at radius 1 is 0.495 bits per heavy atom. The number of nitrogens with zero attached hydrogens (tertiary/aromatic N) is 14. The molecule has 5 N–H and O–H groups in total. The maximum absolute atomic E-state index is 13.2. The number of aromatic carboxylic acids is 1. The Kier molecular flexibility index (Phi) is 34.2. The van der Waals surface area contributed by atoms with Gasteiger partial charge in [0.05, 0.1) is 54.0 Å². The average Bonchev–Trinajstić information content (AvgIpc) is 1.82. The number of esters is 2. The van der Waals surface area contributed by atoms with Crippen molar-refractivity contribution in [2.45, 2.75) is 53.1 Å². The molecule has 0 unspecified atom stereocenters. The smallest absolute Gasteiger partial charge is 0.412 e. The number of amides is 1. The maximum atomic E-state index is 13.2. The molecule has 1 amide bonds. The maximum Gasteiger partial charge on any atom is 0.412 e. The minimum Gasteiger partial charge on any atom is -0.477 e. The van der Waals surface area contributed by atoms with E-state index >= 15 is 0 Å². The summed E-state index contributed by atoms with van der Waals surface area (Å²) in [5.74, 6) is -1.43. The number of carbonyl (C=O) groups is 6. The van der Waals surface area contributed by atoms with E-state index in [0.29, 0.717) is 59.3 Å². The zero-order valence-electron chi connectivity index (χ0n) is 64.5. The van der Waals surface area contributed by atoms with E-state index in [0.717, 1.165) is 165 Å².